The van der Waals surface area contributed by atoms with E-state index in [0.717, 1.165) is 19.3 Å². The Balaban J connectivity index is 1.98. The van der Waals surface area contributed by atoms with E-state index in [-0.39, 0.29) is 24.5 Å². The first-order valence-electron chi connectivity index (χ1n) is 8.29. The largest absolute Gasteiger partial charge is 0.491 e. The smallest absolute Gasteiger partial charge is 0.232 e. The van der Waals surface area contributed by atoms with Crippen LogP contribution in [0.15, 0.2) is 24.3 Å². The van der Waals surface area contributed by atoms with Gasteiger partial charge in [-0.05, 0) is 51.0 Å². The second kappa shape index (κ2) is 7.88. The first kappa shape index (κ1) is 18.6. The van der Waals surface area contributed by atoms with Gasteiger partial charge in [-0.1, -0.05) is 6.42 Å². The van der Waals surface area contributed by atoms with Gasteiger partial charge >= 0.3 is 0 Å². The first-order valence-corrected chi connectivity index (χ1v) is 10.1. The molecule has 7 heteroatoms. The molecule has 0 spiro atoms. The molecule has 1 saturated carbocycles. The Morgan fingerprint density at radius 1 is 1.29 bits per heavy atom. The molecule has 0 aliphatic heterocycles. The van der Waals surface area contributed by atoms with E-state index in [0.29, 0.717) is 18.0 Å². The van der Waals surface area contributed by atoms with Crippen molar-refractivity contribution in [3.63, 3.8) is 0 Å². The topological polar surface area (TPSA) is 75.7 Å². The van der Waals surface area contributed by atoms with Gasteiger partial charge in [0.25, 0.3) is 0 Å². The summed E-state index contributed by atoms with van der Waals surface area (Å²) >= 11 is 0. The fraction of sp³-hybridized carbons (Fsp3) is 0.588. The summed E-state index contributed by atoms with van der Waals surface area (Å²) in [6.45, 7) is 4.37. The molecule has 0 aromatic heterocycles. The van der Waals surface area contributed by atoms with Gasteiger partial charge in [-0.15, -0.1) is 0 Å². The molecule has 0 heterocycles. The molecule has 0 atom stereocenters. The van der Waals surface area contributed by atoms with Crippen LogP contribution < -0.4 is 14.4 Å². The van der Waals surface area contributed by atoms with Crippen molar-refractivity contribution in [2.45, 2.75) is 39.2 Å². The fourth-order valence-corrected chi connectivity index (χ4v) is 3.47. The van der Waals surface area contributed by atoms with E-state index in [4.69, 9.17) is 4.74 Å². The van der Waals surface area contributed by atoms with E-state index < -0.39 is 10.0 Å². The maximum Gasteiger partial charge on any atom is 0.232 e. The molecule has 0 radical (unpaired) electrons. The summed E-state index contributed by atoms with van der Waals surface area (Å²) in [4.78, 5) is 11.8. The highest BCUT2D eigenvalue weighted by atomic mass is 32.2. The molecular formula is C17H26N2O4S. The highest BCUT2D eigenvalue weighted by molar-refractivity contribution is 7.92. The zero-order chi connectivity index (χ0) is 17.7. The van der Waals surface area contributed by atoms with Crippen molar-refractivity contribution in [3.8, 4) is 5.75 Å². The van der Waals surface area contributed by atoms with Crippen molar-refractivity contribution < 1.29 is 17.9 Å². The Hall–Kier alpha value is -1.76. The summed E-state index contributed by atoms with van der Waals surface area (Å²) in [6.07, 6.45) is 4.18. The minimum Gasteiger partial charge on any atom is -0.491 e. The van der Waals surface area contributed by atoms with Gasteiger partial charge in [-0.2, -0.15) is 0 Å². The zero-order valence-electron chi connectivity index (χ0n) is 14.5. The van der Waals surface area contributed by atoms with Gasteiger partial charge in [0.15, 0.2) is 0 Å². The Labute approximate surface area is 144 Å². The zero-order valence-corrected chi connectivity index (χ0v) is 15.3. The number of rotatable bonds is 8. The molecule has 0 saturated heterocycles. The van der Waals surface area contributed by atoms with Crippen molar-refractivity contribution in [2.24, 2.45) is 5.92 Å². The molecule has 0 unspecified atom stereocenters. The van der Waals surface area contributed by atoms with Gasteiger partial charge in [0.2, 0.25) is 15.9 Å². The maximum atomic E-state index is 12.1. The quantitative estimate of drug-likeness (QED) is 0.776. The van der Waals surface area contributed by atoms with Gasteiger partial charge in [-0.25, -0.2) is 8.42 Å². The van der Waals surface area contributed by atoms with Crippen molar-refractivity contribution >= 4 is 21.6 Å². The molecular weight excluding hydrogens is 328 g/mol. The summed E-state index contributed by atoms with van der Waals surface area (Å²) in [6, 6.07) is 6.93. The number of anilines is 1. The number of nitrogens with one attached hydrogen (secondary N) is 1. The number of ether oxygens (including phenoxy) is 1. The predicted molar refractivity (Wildman–Crippen MR) is 94.7 cm³/mol. The minimum atomic E-state index is -3.42. The van der Waals surface area contributed by atoms with E-state index in [9.17, 15) is 13.2 Å². The standard InChI is InChI=1S/C17H26N2O4S/c1-13(2)23-16-9-7-15(8-10-16)19(24(3,21)22)12-11-18-17(20)14-5-4-6-14/h7-10,13-14H,4-6,11-12H2,1-3H3,(H,18,20). The normalized spacial score (nSPS) is 15.0. The van der Waals surface area contributed by atoms with Crippen LogP contribution >= 0.6 is 0 Å². The molecule has 0 bridgehead atoms. The van der Waals surface area contributed by atoms with Crippen molar-refractivity contribution in [1.29, 1.82) is 0 Å². The molecule has 134 valence electrons. The lowest BCUT2D eigenvalue weighted by Crippen LogP contribution is -2.41. The molecule has 1 fully saturated rings. The summed E-state index contributed by atoms with van der Waals surface area (Å²) in [7, 11) is -3.42. The van der Waals surface area contributed by atoms with Crippen molar-refractivity contribution in [3.05, 3.63) is 24.3 Å². The Morgan fingerprint density at radius 2 is 1.92 bits per heavy atom. The number of benzene rings is 1. The number of sulfonamides is 1. The lowest BCUT2D eigenvalue weighted by molar-refractivity contribution is -0.127. The summed E-state index contributed by atoms with van der Waals surface area (Å²) in [5, 5.41) is 2.82. The fourth-order valence-electron chi connectivity index (χ4n) is 2.54. The van der Waals surface area contributed by atoms with E-state index in [1.54, 1.807) is 24.3 Å². The second-order valence-electron chi connectivity index (χ2n) is 6.41. The van der Waals surface area contributed by atoms with E-state index in [2.05, 4.69) is 5.32 Å². The van der Waals surface area contributed by atoms with Crippen LogP contribution in [0, 0.1) is 5.92 Å². The summed E-state index contributed by atoms with van der Waals surface area (Å²) in [5.41, 5.74) is 0.562. The SMILES string of the molecule is CC(C)Oc1ccc(N(CCNC(=O)C2CCC2)S(C)(=O)=O)cc1. The third kappa shape index (κ3) is 5.12. The minimum absolute atomic E-state index is 0.0235. The molecule has 1 aliphatic rings. The predicted octanol–water partition coefficient (Wildman–Crippen LogP) is 2.16. The van der Waals surface area contributed by atoms with E-state index in [1.807, 2.05) is 13.8 Å². The van der Waals surface area contributed by atoms with Crippen LogP contribution in [0.2, 0.25) is 0 Å². The van der Waals surface area contributed by atoms with Gasteiger partial charge < -0.3 is 10.1 Å². The Kier molecular flexibility index (Phi) is 6.10. The summed E-state index contributed by atoms with van der Waals surface area (Å²) in [5.74, 6) is 0.819. The molecule has 1 aromatic carbocycles. The number of carbonyl (C=O) groups is 1. The van der Waals surface area contributed by atoms with Gasteiger partial charge in [0.05, 0.1) is 24.6 Å². The van der Waals surface area contributed by atoms with Crippen molar-refractivity contribution in [1.82, 2.24) is 5.32 Å². The Morgan fingerprint density at radius 3 is 2.38 bits per heavy atom. The van der Waals surface area contributed by atoms with E-state index in [1.165, 1.54) is 10.6 Å². The third-order valence-electron chi connectivity index (χ3n) is 3.99. The highest BCUT2D eigenvalue weighted by Crippen LogP contribution is 2.26. The van der Waals surface area contributed by atoms with Crippen LogP contribution in [-0.2, 0) is 14.8 Å². The molecule has 24 heavy (non-hydrogen) atoms. The average molecular weight is 354 g/mol. The number of amides is 1. The Bertz CT molecular complexity index is 652. The monoisotopic (exact) mass is 354 g/mol. The lowest BCUT2D eigenvalue weighted by atomic mass is 9.85. The van der Waals surface area contributed by atoms with Gasteiger partial charge in [-0.3, -0.25) is 9.10 Å². The van der Waals surface area contributed by atoms with Crippen LogP contribution in [0.1, 0.15) is 33.1 Å². The van der Waals surface area contributed by atoms with Crippen LogP contribution in [0.5, 0.6) is 5.75 Å². The molecule has 1 amide bonds. The second-order valence-corrected chi connectivity index (χ2v) is 8.32. The number of hydrogen-bond donors (Lipinski definition) is 1. The average Bonchev–Trinajstić information content (AvgIpc) is 2.41. The highest BCUT2D eigenvalue weighted by Gasteiger charge is 2.25. The number of nitrogens with zero attached hydrogens (tertiary/aromatic N) is 1. The van der Waals surface area contributed by atoms with Crippen LogP contribution in [0.4, 0.5) is 5.69 Å². The summed E-state index contributed by atoms with van der Waals surface area (Å²) < 4.78 is 31.0. The molecule has 1 N–H and O–H groups in total. The third-order valence-corrected chi connectivity index (χ3v) is 5.18. The van der Waals surface area contributed by atoms with Gasteiger partial charge in [0.1, 0.15) is 5.75 Å². The van der Waals surface area contributed by atoms with Crippen LogP contribution in [0.25, 0.3) is 0 Å². The van der Waals surface area contributed by atoms with E-state index >= 15 is 0 Å². The number of carbonyl (C=O) groups excluding carboxylic acids is 1. The van der Waals surface area contributed by atoms with Crippen LogP contribution in [-0.4, -0.2) is 39.8 Å². The van der Waals surface area contributed by atoms with Crippen molar-refractivity contribution in [2.75, 3.05) is 23.7 Å². The molecule has 6 nitrogen and oxygen atoms in total. The maximum absolute atomic E-state index is 12.1. The molecule has 2 rings (SSSR count). The molecule has 1 aromatic rings. The van der Waals surface area contributed by atoms with Crippen LogP contribution in [0.3, 0.4) is 0 Å². The van der Waals surface area contributed by atoms with Gasteiger partial charge in [0, 0.05) is 12.5 Å². The number of hydrogen-bond acceptors (Lipinski definition) is 4. The lowest BCUT2D eigenvalue weighted by Gasteiger charge is -2.26. The first-order chi connectivity index (χ1) is 11.3. The molecule has 1 aliphatic carbocycles.